The first kappa shape index (κ1) is 20.4. The molecule has 0 unspecified atom stereocenters. The molecule has 0 aliphatic rings. The maximum absolute atomic E-state index is 12.1. The summed E-state index contributed by atoms with van der Waals surface area (Å²) in [5.41, 5.74) is 0.481. The van der Waals surface area contributed by atoms with Crippen molar-refractivity contribution in [3.05, 3.63) is 63.7 Å². The summed E-state index contributed by atoms with van der Waals surface area (Å²) in [5, 5.41) is 2.49. The van der Waals surface area contributed by atoms with Crippen molar-refractivity contribution < 1.29 is 22.7 Å². The number of hydrogen-bond acceptors (Lipinski definition) is 5. The Bertz CT molecular complexity index is 868. The first-order chi connectivity index (χ1) is 12.4. The van der Waals surface area contributed by atoms with Gasteiger partial charge in [0.15, 0.2) is 9.84 Å². The summed E-state index contributed by atoms with van der Waals surface area (Å²) in [7, 11) is -3.39. The van der Waals surface area contributed by atoms with Crippen LogP contribution in [0.4, 0.5) is 0 Å². The largest absolute Gasteiger partial charge is 0.464 e. The van der Waals surface area contributed by atoms with Crippen molar-refractivity contribution in [3.8, 4) is 0 Å². The van der Waals surface area contributed by atoms with E-state index in [-0.39, 0.29) is 36.1 Å². The Hall–Kier alpha value is -1.94. The second kappa shape index (κ2) is 9.67. The van der Waals surface area contributed by atoms with Crippen LogP contribution in [-0.2, 0) is 19.4 Å². The highest BCUT2D eigenvalue weighted by Crippen LogP contribution is 2.12. The summed E-state index contributed by atoms with van der Waals surface area (Å²) < 4.78 is 29.9. The van der Waals surface area contributed by atoms with Gasteiger partial charge in [-0.25, -0.2) is 8.42 Å². The summed E-state index contributed by atoms with van der Waals surface area (Å²) in [4.78, 5) is 23.9. The van der Waals surface area contributed by atoms with Crippen LogP contribution >= 0.6 is 22.6 Å². The number of hydrogen-bond donors (Lipinski definition) is 1. The highest BCUT2D eigenvalue weighted by Gasteiger charge is 2.14. The number of carbonyl (C=O) groups is 2. The van der Waals surface area contributed by atoms with Gasteiger partial charge in [0.1, 0.15) is 6.54 Å². The Kier molecular flexibility index (Phi) is 7.58. The van der Waals surface area contributed by atoms with Gasteiger partial charge in [-0.05, 0) is 53.3 Å². The molecule has 2 aromatic rings. The van der Waals surface area contributed by atoms with Gasteiger partial charge in [0, 0.05) is 3.57 Å². The van der Waals surface area contributed by atoms with Crippen molar-refractivity contribution in [2.45, 2.75) is 11.3 Å². The maximum Gasteiger partial charge on any atom is 0.325 e. The van der Waals surface area contributed by atoms with Gasteiger partial charge >= 0.3 is 5.97 Å². The minimum absolute atomic E-state index is 0.0242. The lowest BCUT2D eigenvalue weighted by Gasteiger charge is -2.08. The van der Waals surface area contributed by atoms with Crippen molar-refractivity contribution >= 4 is 44.3 Å². The lowest BCUT2D eigenvalue weighted by atomic mass is 10.2. The predicted molar refractivity (Wildman–Crippen MR) is 106 cm³/mol. The van der Waals surface area contributed by atoms with Crippen LogP contribution in [0.1, 0.15) is 16.8 Å². The molecular weight excluding hydrogens is 469 g/mol. The van der Waals surface area contributed by atoms with Crippen molar-refractivity contribution in [2.75, 3.05) is 18.9 Å². The van der Waals surface area contributed by atoms with Crippen LogP contribution in [0.5, 0.6) is 0 Å². The van der Waals surface area contributed by atoms with Crippen LogP contribution in [0.15, 0.2) is 59.5 Å². The fourth-order valence-electron chi connectivity index (χ4n) is 2.12. The third-order valence-corrected chi connectivity index (χ3v) is 6.19. The van der Waals surface area contributed by atoms with Gasteiger partial charge in [0.25, 0.3) is 5.91 Å². The molecule has 0 aliphatic carbocycles. The fourth-order valence-corrected chi connectivity index (χ4v) is 4.06. The highest BCUT2D eigenvalue weighted by atomic mass is 127. The zero-order valence-corrected chi connectivity index (χ0v) is 16.8. The van der Waals surface area contributed by atoms with Gasteiger partial charge in [-0.1, -0.05) is 30.3 Å². The predicted octanol–water partition coefficient (Wildman–Crippen LogP) is 2.43. The number of ether oxygens (including phenoxy) is 1. The molecule has 26 heavy (non-hydrogen) atoms. The first-order valence-electron chi connectivity index (χ1n) is 7.86. The Morgan fingerprint density at radius 2 is 1.65 bits per heavy atom. The average molecular weight is 487 g/mol. The zero-order chi connectivity index (χ0) is 19.0. The van der Waals surface area contributed by atoms with E-state index < -0.39 is 15.8 Å². The number of halogens is 1. The molecule has 0 aliphatic heterocycles. The third kappa shape index (κ3) is 6.10. The topological polar surface area (TPSA) is 89.5 Å². The molecule has 0 bridgehead atoms. The SMILES string of the molecule is O=C(CNC(=O)c1ccccc1I)OCCCS(=O)(=O)c1ccccc1. The molecule has 0 spiro atoms. The van der Waals surface area contributed by atoms with Gasteiger partial charge in [-0.3, -0.25) is 9.59 Å². The normalized spacial score (nSPS) is 11.0. The Morgan fingerprint density at radius 3 is 2.35 bits per heavy atom. The van der Waals surface area contributed by atoms with Crippen LogP contribution < -0.4 is 5.32 Å². The molecule has 0 aromatic heterocycles. The molecular formula is C18H18INO5S. The number of amides is 1. The van der Waals surface area contributed by atoms with Crippen molar-refractivity contribution in [1.82, 2.24) is 5.32 Å². The minimum atomic E-state index is -3.39. The summed E-state index contributed by atoms with van der Waals surface area (Å²) in [5.74, 6) is -1.08. The van der Waals surface area contributed by atoms with E-state index in [0.29, 0.717) is 5.56 Å². The van der Waals surface area contributed by atoms with E-state index in [4.69, 9.17) is 4.74 Å². The molecule has 0 saturated heterocycles. The van der Waals surface area contributed by atoms with E-state index in [0.717, 1.165) is 3.57 Å². The molecule has 8 heteroatoms. The van der Waals surface area contributed by atoms with Gasteiger partial charge in [-0.2, -0.15) is 0 Å². The standard InChI is InChI=1S/C18H18INO5S/c19-16-10-5-4-9-15(16)18(22)20-13-17(21)25-11-6-12-26(23,24)14-7-2-1-3-8-14/h1-5,7-10H,6,11-13H2,(H,20,22). The second-order valence-corrected chi connectivity index (χ2v) is 8.64. The number of esters is 1. The molecule has 1 amide bonds. The highest BCUT2D eigenvalue weighted by molar-refractivity contribution is 14.1. The van der Waals surface area contributed by atoms with Gasteiger partial charge < -0.3 is 10.1 Å². The quantitative estimate of drug-likeness (QED) is 0.351. The molecule has 0 saturated carbocycles. The van der Waals surface area contributed by atoms with E-state index in [2.05, 4.69) is 5.32 Å². The Morgan fingerprint density at radius 1 is 1.00 bits per heavy atom. The summed E-state index contributed by atoms with van der Waals surface area (Å²) >= 11 is 2.04. The van der Waals surface area contributed by atoms with E-state index in [9.17, 15) is 18.0 Å². The summed E-state index contributed by atoms with van der Waals surface area (Å²) in [6.07, 6.45) is 0.188. The monoisotopic (exact) mass is 487 g/mol. The third-order valence-electron chi connectivity index (χ3n) is 3.43. The summed E-state index contributed by atoms with van der Waals surface area (Å²) in [6.45, 7) is -0.293. The van der Waals surface area contributed by atoms with Gasteiger partial charge in [-0.15, -0.1) is 0 Å². The smallest absolute Gasteiger partial charge is 0.325 e. The number of nitrogens with one attached hydrogen (secondary N) is 1. The minimum Gasteiger partial charge on any atom is -0.464 e. The fraction of sp³-hybridized carbons (Fsp3) is 0.222. The molecule has 2 rings (SSSR count). The lowest BCUT2D eigenvalue weighted by Crippen LogP contribution is -2.31. The maximum atomic E-state index is 12.1. The second-order valence-electron chi connectivity index (χ2n) is 5.37. The molecule has 0 radical (unpaired) electrons. The van der Waals surface area contributed by atoms with Gasteiger partial charge in [0.05, 0.1) is 22.8 Å². The van der Waals surface area contributed by atoms with E-state index in [1.54, 1.807) is 36.4 Å². The van der Waals surface area contributed by atoms with E-state index >= 15 is 0 Å². The van der Waals surface area contributed by atoms with Crippen LogP contribution in [0.2, 0.25) is 0 Å². The molecule has 0 atom stereocenters. The first-order valence-corrected chi connectivity index (χ1v) is 10.6. The van der Waals surface area contributed by atoms with Crippen LogP contribution in [0.25, 0.3) is 0 Å². The van der Waals surface area contributed by atoms with Gasteiger partial charge in [0.2, 0.25) is 0 Å². The Balaban J connectivity index is 1.71. The van der Waals surface area contributed by atoms with Crippen LogP contribution in [0, 0.1) is 3.57 Å². The Labute approximate surface area is 166 Å². The molecule has 138 valence electrons. The molecule has 2 aromatic carbocycles. The number of rotatable bonds is 8. The number of sulfone groups is 1. The van der Waals surface area contributed by atoms with E-state index in [1.165, 1.54) is 12.1 Å². The molecule has 0 heterocycles. The van der Waals surface area contributed by atoms with Crippen molar-refractivity contribution in [3.63, 3.8) is 0 Å². The zero-order valence-electron chi connectivity index (χ0n) is 13.9. The lowest BCUT2D eigenvalue weighted by molar-refractivity contribution is -0.142. The van der Waals surface area contributed by atoms with Crippen LogP contribution in [-0.4, -0.2) is 39.2 Å². The average Bonchev–Trinajstić information content (AvgIpc) is 2.64. The number of benzene rings is 2. The molecule has 6 nitrogen and oxygen atoms in total. The van der Waals surface area contributed by atoms with Crippen molar-refractivity contribution in [2.24, 2.45) is 0 Å². The molecule has 1 N–H and O–H groups in total. The molecule has 0 fully saturated rings. The van der Waals surface area contributed by atoms with Crippen LogP contribution in [0.3, 0.4) is 0 Å². The van der Waals surface area contributed by atoms with E-state index in [1.807, 2.05) is 28.7 Å². The summed E-state index contributed by atoms with van der Waals surface area (Å²) in [6, 6.07) is 15.1. The van der Waals surface area contributed by atoms with Crippen molar-refractivity contribution in [1.29, 1.82) is 0 Å². The number of carbonyl (C=O) groups excluding carboxylic acids is 2.